The summed E-state index contributed by atoms with van der Waals surface area (Å²) in [5.74, 6) is 4.38. The summed E-state index contributed by atoms with van der Waals surface area (Å²) in [4.78, 5) is 12.6. The van der Waals surface area contributed by atoms with Crippen molar-refractivity contribution in [1.82, 2.24) is 20.0 Å². The van der Waals surface area contributed by atoms with Crippen molar-refractivity contribution in [2.75, 3.05) is 26.4 Å². The zero-order chi connectivity index (χ0) is 42.9. The maximum atomic E-state index is 12.6. The summed E-state index contributed by atoms with van der Waals surface area (Å²) in [5.41, 5.74) is 5.10. The van der Waals surface area contributed by atoms with Crippen LogP contribution in [0.15, 0.2) is 84.9 Å². The van der Waals surface area contributed by atoms with Crippen LogP contribution in [0.2, 0.25) is 0 Å². The molecule has 0 radical (unpaired) electrons. The van der Waals surface area contributed by atoms with E-state index in [1.54, 1.807) is 0 Å². The first-order valence-electron chi connectivity index (χ1n) is 21.6. The average molecular weight is 901 g/mol. The largest absolute Gasteiger partial charge is 0.493 e. The fourth-order valence-corrected chi connectivity index (χ4v) is 8.16. The van der Waals surface area contributed by atoms with E-state index >= 15 is 0 Å². The standard InChI is InChI=1S/C27H34N2O5.C22H26N2O3.2H2S/c1-18-25-22(29(28-18)26(31)34-27(2,3)4)12-8-14-24(25)33-17-21(30)11-7-9-19-15-20-10-5-6-13-23(20)32-16-19;1-15-22-19(24-23-15)9-5-11-21(22)27-14-18(25)8-4-6-16-12-17-7-2-3-10-20(17)26-13-16;;/h5-6,8,10,12-14,19,21,30H,7,9,11,15-17H2,1-4H3;2-3,5,7,9-11,16,18,25H,4,6,8,12-14H2,1H3,(H,23,24);2*1H2/t19?,21-;16?,18-;;/m00../s1. The fourth-order valence-electron chi connectivity index (χ4n) is 8.16. The summed E-state index contributed by atoms with van der Waals surface area (Å²) in [6.07, 6.45) is 5.83. The molecule has 0 spiro atoms. The van der Waals surface area contributed by atoms with Crippen molar-refractivity contribution in [2.45, 2.75) is 104 Å². The molecule has 12 nitrogen and oxygen atoms in total. The molecule has 0 aliphatic carbocycles. The quantitative estimate of drug-likeness (QED) is 0.0965. The maximum Gasteiger partial charge on any atom is 0.435 e. The Hall–Kier alpha value is -4.89. The molecule has 3 N–H and O–H groups in total. The summed E-state index contributed by atoms with van der Waals surface area (Å²) in [7, 11) is 0. The Morgan fingerprint density at radius 1 is 0.762 bits per heavy atom. The molecule has 4 aromatic carbocycles. The van der Waals surface area contributed by atoms with Crippen LogP contribution in [0.4, 0.5) is 4.79 Å². The number of carbonyl (C=O) groups is 1. The molecule has 14 heteroatoms. The first-order chi connectivity index (χ1) is 29.4. The third-order valence-corrected chi connectivity index (χ3v) is 11.2. The molecule has 8 rings (SSSR count). The predicted molar refractivity (Wildman–Crippen MR) is 257 cm³/mol. The topological polar surface area (TPSA) is 150 Å². The maximum absolute atomic E-state index is 12.6. The number of fused-ring (bicyclic) bond motifs is 4. The van der Waals surface area contributed by atoms with Crippen molar-refractivity contribution in [1.29, 1.82) is 0 Å². The second kappa shape index (κ2) is 22.6. The Balaban J connectivity index is 0.000000236. The molecular weight excluding hydrogens is 837 g/mol. The number of benzene rings is 4. The van der Waals surface area contributed by atoms with Crippen molar-refractivity contribution in [2.24, 2.45) is 11.8 Å². The second-order valence-electron chi connectivity index (χ2n) is 17.4. The van der Waals surface area contributed by atoms with Crippen molar-refractivity contribution in [3.63, 3.8) is 0 Å². The molecule has 0 saturated carbocycles. The van der Waals surface area contributed by atoms with Gasteiger partial charge in [-0.1, -0.05) is 61.4 Å². The van der Waals surface area contributed by atoms with Gasteiger partial charge in [0.15, 0.2) is 0 Å². The molecule has 2 aliphatic rings. The third-order valence-electron chi connectivity index (χ3n) is 11.2. The molecule has 2 unspecified atom stereocenters. The Bertz CT molecular complexity index is 2390. The van der Waals surface area contributed by atoms with Gasteiger partial charge in [0.05, 0.1) is 52.9 Å². The van der Waals surface area contributed by atoms with Crippen molar-refractivity contribution < 1.29 is 38.7 Å². The normalized spacial score (nSPS) is 16.4. The van der Waals surface area contributed by atoms with E-state index in [9.17, 15) is 15.0 Å². The SMILES string of the molecule is Cc1[nH]nc2cccc(OC[C@@H](O)CCCC3COc4ccccc4C3)c12.Cc1nn(C(=O)OC(C)(C)C)c2cccc(OC[C@@H](O)CCCC3COc4ccccc4C3)c12.S.S. The van der Waals surface area contributed by atoms with Crippen LogP contribution in [0.25, 0.3) is 21.8 Å². The van der Waals surface area contributed by atoms with Crippen molar-refractivity contribution >= 4 is 54.9 Å². The van der Waals surface area contributed by atoms with E-state index in [1.165, 1.54) is 15.8 Å². The van der Waals surface area contributed by atoms with E-state index in [0.29, 0.717) is 41.8 Å². The number of nitrogens with one attached hydrogen (secondary N) is 1. The Morgan fingerprint density at radius 2 is 1.29 bits per heavy atom. The first kappa shape index (κ1) is 49.1. The summed E-state index contributed by atoms with van der Waals surface area (Å²) >= 11 is 0. The zero-order valence-corrected chi connectivity index (χ0v) is 39.1. The third kappa shape index (κ3) is 13.1. The number of carbonyl (C=O) groups excluding carboxylic acids is 1. The van der Waals surface area contributed by atoms with Crippen LogP contribution >= 0.6 is 27.0 Å². The zero-order valence-electron chi connectivity index (χ0n) is 37.1. The minimum Gasteiger partial charge on any atom is -0.493 e. The van der Waals surface area contributed by atoms with Gasteiger partial charge in [-0.05, 0) is 133 Å². The van der Waals surface area contributed by atoms with Crippen molar-refractivity contribution in [3.05, 3.63) is 107 Å². The highest BCUT2D eigenvalue weighted by Crippen LogP contribution is 2.33. The molecule has 0 saturated heterocycles. The molecule has 63 heavy (non-hydrogen) atoms. The lowest BCUT2D eigenvalue weighted by molar-refractivity contribution is 0.0522. The highest BCUT2D eigenvalue weighted by molar-refractivity contribution is 7.59. The van der Waals surface area contributed by atoms with Gasteiger partial charge in [0.2, 0.25) is 0 Å². The van der Waals surface area contributed by atoms with Crippen LogP contribution in [0.5, 0.6) is 23.0 Å². The van der Waals surface area contributed by atoms with Crippen LogP contribution in [0, 0.1) is 25.7 Å². The number of aliphatic hydroxyl groups is 2. The number of H-pyrrole nitrogens is 1. The number of ether oxygens (including phenoxy) is 5. The summed E-state index contributed by atoms with van der Waals surface area (Å²) in [6, 6.07) is 27.7. The van der Waals surface area contributed by atoms with E-state index in [1.807, 2.05) is 101 Å². The van der Waals surface area contributed by atoms with Gasteiger partial charge in [-0.15, -0.1) is 0 Å². The number of nitrogens with zero attached hydrogens (tertiary/aromatic N) is 3. The average Bonchev–Trinajstić information content (AvgIpc) is 3.81. The highest BCUT2D eigenvalue weighted by atomic mass is 32.1. The Morgan fingerprint density at radius 3 is 1.84 bits per heavy atom. The number of aryl methyl sites for hydroxylation is 2. The van der Waals surface area contributed by atoms with Gasteiger partial charge in [0.25, 0.3) is 0 Å². The molecule has 340 valence electrons. The van der Waals surface area contributed by atoms with E-state index < -0.39 is 23.9 Å². The van der Waals surface area contributed by atoms with Crippen molar-refractivity contribution in [3.8, 4) is 23.0 Å². The summed E-state index contributed by atoms with van der Waals surface area (Å²) in [6.45, 7) is 11.2. The lowest BCUT2D eigenvalue weighted by Crippen LogP contribution is -2.27. The number of rotatable bonds is 14. The lowest BCUT2D eigenvalue weighted by atomic mass is 9.92. The number of aromatic nitrogens is 4. The van der Waals surface area contributed by atoms with Crippen LogP contribution in [0.3, 0.4) is 0 Å². The van der Waals surface area contributed by atoms with Crippen LogP contribution in [-0.4, -0.2) is 80.5 Å². The Kier molecular flexibility index (Phi) is 17.7. The highest BCUT2D eigenvalue weighted by Gasteiger charge is 2.24. The first-order valence-corrected chi connectivity index (χ1v) is 21.6. The van der Waals surface area contributed by atoms with E-state index in [4.69, 9.17) is 23.7 Å². The number of aromatic amines is 1. The number of aliphatic hydroxyl groups excluding tert-OH is 2. The molecule has 4 atom stereocenters. The van der Waals surface area contributed by atoms with Gasteiger partial charge in [-0.3, -0.25) is 5.10 Å². The van der Waals surface area contributed by atoms with Gasteiger partial charge >= 0.3 is 6.09 Å². The summed E-state index contributed by atoms with van der Waals surface area (Å²) < 4.78 is 30.3. The lowest BCUT2D eigenvalue weighted by Gasteiger charge is -2.25. The molecule has 0 bridgehead atoms. The van der Waals surface area contributed by atoms with E-state index in [0.717, 1.165) is 97.4 Å². The van der Waals surface area contributed by atoms with Crippen LogP contribution in [-0.2, 0) is 17.6 Å². The number of hydrogen-bond acceptors (Lipinski definition) is 10. The molecule has 2 aromatic heterocycles. The minimum absolute atomic E-state index is 0. The molecule has 6 aromatic rings. The van der Waals surface area contributed by atoms with Crippen LogP contribution < -0.4 is 18.9 Å². The van der Waals surface area contributed by atoms with Gasteiger partial charge in [-0.2, -0.15) is 41.9 Å². The van der Waals surface area contributed by atoms with Gasteiger partial charge < -0.3 is 33.9 Å². The molecule has 4 heterocycles. The fraction of sp³-hybridized carbons (Fsp3) is 0.449. The predicted octanol–water partition coefficient (Wildman–Crippen LogP) is 9.55. The summed E-state index contributed by atoms with van der Waals surface area (Å²) in [5, 5.41) is 34.1. The van der Waals surface area contributed by atoms with Gasteiger partial charge in [0.1, 0.15) is 41.8 Å². The van der Waals surface area contributed by atoms with E-state index in [2.05, 4.69) is 33.5 Å². The minimum atomic E-state index is -0.616. The van der Waals surface area contributed by atoms with Gasteiger partial charge in [0, 0.05) is 5.69 Å². The monoisotopic (exact) mass is 900 g/mol. The second-order valence-corrected chi connectivity index (χ2v) is 17.4. The number of para-hydroxylation sites is 2. The number of hydrogen-bond donors (Lipinski definition) is 3. The van der Waals surface area contributed by atoms with E-state index in [-0.39, 0.29) is 33.6 Å². The molecule has 0 amide bonds. The molecule has 2 aliphatic heterocycles. The molecule has 0 fully saturated rings. The smallest absolute Gasteiger partial charge is 0.435 e. The van der Waals surface area contributed by atoms with Crippen LogP contribution in [0.1, 0.15) is 81.8 Å². The van der Waals surface area contributed by atoms with Gasteiger partial charge in [-0.25, -0.2) is 4.79 Å². The Labute approximate surface area is 384 Å². The molecular formula is C49H64N4O8S2.